The van der Waals surface area contributed by atoms with Gasteiger partial charge in [-0.05, 0) is 61.4 Å². The van der Waals surface area contributed by atoms with Crippen molar-refractivity contribution < 1.29 is 4.74 Å². The van der Waals surface area contributed by atoms with Gasteiger partial charge in [0.1, 0.15) is 5.75 Å². The summed E-state index contributed by atoms with van der Waals surface area (Å²) in [4.78, 5) is 23.3. The van der Waals surface area contributed by atoms with Gasteiger partial charge in [-0.1, -0.05) is 48.6 Å². The van der Waals surface area contributed by atoms with Crippen molar-refractivity contribution in [3.8, 4) is 22.1 Å². The normalized spacial score (nSPS) is 11.8. The Morgan fingerprint density at radius 1 is 1.06 bits per heavy atom. The molecule has 0 saturated heterocycles. The third kappa shape index (κ3) is 3.95. The summed E-state index contributed by atoms with van der Waals surface area (Å²) in [5.41, 5.74) is 5.42. The number of H-pyrrole nitrogens is 1. The Kier molecular flexibility index (Phi) is 5.86. The largest absolute Gasteiger partial charge is 0.497 e. The third-order valence-corrected chi connectivity index (χ3v) is 6.79. The van der Waals surface area contributed by atoms with E-state index in [-0.39, 0.29) is 5.56 Å². The highest BCUT2D eigenvalue weighted by Crippen LogP contribution is 2.28. The van der Waals surface area contributed by atoms with Crippen LogP contribution in [0.25, 0.3) is 26.6 Å². The Labute approximate surface area is 201 Å². The lowest BCUT2D eigenvalue weighted by Crippen LogP contribution is -2.19. The monoisotopic (exact) mass is 468 g/mol. The molecule has 2 aromatic heterocycles. The highest BCUT2D eigenvalue weighted by molar-refractivity contribution is 7.20. The molecule has 0 spiro atoms. The predicted octanol–water partition coefficient (Wildman–Crippen LogP) is 6.15. The van der Waals surface area contributed by atoms with Crippen molar-refractivity contribution in [2.75, 3.05) is 7.11 Å². The molecule has 0 aliphatic carbocycles. The first-order chi connectivity index (χ1) is 16.6. The highest BCUT2D eigenvalue weighted by Gasteiger charge is 2.21. The van der Waals surface area contributed by atoms with E-state index in [4.69, 9.17) is 9.73 Å². The number of benzene rings is 3. The Bertz CT molecular complexity index is 1520. The van der Waals surface area contributed by atoms with E-state index in [1.807, 2.05) is 73.7 Å². The van der Waals surface area contributed by atoms with Crippen molar-refractivity contribution in [2.45, 2.75) is 20.3 Å². The summed E-state index contributed by atoms with van der Waals surface area (Å²) in [5.74, 6) is 0.750. The van der Waals surface area contributed by atoms with Crippen LogP contribution in [0.2, 0.25) is 0 Å². The molecule has 5 aromatic rings. The molecule has 0 radical (unpaired) electrons. The summed E-state index contributed by atoms with van der Waals surface area (Å²) in [6.07, 6.45) is 0.862. The molecular weight excluding hydrogens is 444 g/mol. The zero-order valence-electron chi connectivity index (χ0n) is 19.2. The fraction of sp³-hybridized carbons (Fsp3) is 0.148. The van der Waals surface area contributed by atoms with Crippen molar-refractivity contribution in [3.05, 3.63) is 94.3 Å². The van der Waals surface area contributed by atoms with Gasteiger partial charge in [0.05, 0.1) is 40.0 Å². The number of para-hydroxylation sites is 2. The first kappa shape index (κ1) is 21.9. The molecule has 0 fully saturated rings. The van der Waals surface area contributed by atoms with Gasteiger partial charge in [0.15, 0.2) is 0 Å². The van der Waals surface area contributed by atoms with Crippen LogP contribution in [0.1, 0.15) is 25.0 Å². The van der Waals surface area contributed by atoms with Gasteiger partial charge in [-0.15, -0.1) is 0 Å². The Balaban J connectivity index is 1.71. The van der Waals surface area contributed by atoms with Gasteiger partial charge < -0.3 is 4.74 Å². The average molecular weight is 469 g/mol. The second-order valence-electron chi connectivity index (χ2n) is 7.87. The molecule has 0 aliphatic rings. The van der Waals surface area contributed by atoms with E-state index in [1.165, 1.54) is 16.0 Å². The quantitative estimate of drug-likeness (QED) is 0.304. The van der Waals surface area contributed by atoms with Gasteiger partial charge in [-0.2, -0.15) is 4.68 Å². The van der Waals surface area contributed by atoms with E-state index in [2.05, 4.69) is 23.1 Å². The molecule has 0 aliphatic heterocycles. The number of fused-ring (bicyclic) bond motifs is 1. The number of hydrogen-bond acceptors (Lipinski definition) is 5. The molecule has 2 heterocycles. The van der Waals surface area contributed by atoms with Gasteiger partial charge in [-0.25, -0.2) is 4.98 Å². The molecular formula is C27H24N4O2S. The number of aromatic amines is 1. The van der Waals surface area contributed by atoms with Gasteiger partial charge in [0.25, 0.3) is 5.56 Å². The first-order valence-electron chi connectivity index (χ1n) is 11.1. The van der Waals surface area contributed by atoms with E-state index in [9.17, 15) is 4.79 Å². The van der Waals surface area contributed by atoms with Crippen molar-refractivity contribution in [2.24, 2.45) is 4.99 Å². The number of aliphatic imine (C=N–C) groups is 1. The number of nitrogens with one attached hydrogen (secondary N) is 1. The minimum Gasteiger partial charge on any atom is -0.497 e. The van der Waals surface area contributed by atoms with Crippen LogP contribution in [0.4, 0.5) is 5.69 Å². The maximum Gasteiger partial charge on any atom is 0.283 e. The topological polar surface area (TPSA) is 72.3 Å². The van der Waals surface area contributed by atoms with Crippen molar-refractivity contribution in [3.63, 3.8) is 0 Å². The number of methoxy groups -OCH3 is 1. The number of hydrogen-bond donors (Lipinski definition) is 1. The van der Waals surface area contributed by atoms with Crippen LogP contribution >= 0.6 is 11.3 Å². The molecule has 170 valence electrons. The molecule has 6 nitrogen and oxygen atoms in total. The zero-order valence-corrected chi connectivity index (χ0v) is 20.0. The van der Waals surface area contributed by atoms with Gasteiger partial charge >= 0.3 is 0 Å². The van der Waals surface area contributed by atoms with E-state index in [0.717, 1.165) is 39.2 Å². The summed E-state index contributed by atoms with van der Waals surface area (Å²) in [6, 6.07) is 23.5. The summed E-state index contributed by atoms with van der Waals surface area (Å²) in [7, 11) is 1.63. The second kappa shape index (κ2) is 9.11. The van der Waals surface area contributed by atoms with E-state index < -0.39 is 0 Å². The molecule has 0 bridgehead atoms. The maximum absolute atomic E-state index is 13.7. The number of nitrogens with zero attached hydrogens (tertiary/aromatic N) is 3. The summed E-state index contributed by atoms with van der Waals surface area (Å²) < 4.78 is 7.85. The number of aryl methyl sites for hydroxylation is 1. The summed E-state index contributed by atoms with van der Waals surface area (Å²) in [5, 5.41) is 3.90. The number of aromatic nitrogens is 3. The van der Waals surface area contributed by atoms with Crippen LogP contribution in [0.15, 0.2) is 82.6 Å². The molecule has 0 saturated carbocycles. The minimum atomic E-state index is -0.180. The standard InChI is InChI=1S/C27H24N4O2S/c1-4-18-9-5-6-10-21(18)28-17(2)24-25(19-13-15-20(33-3)16-14-19)30-31(26(24)32)27-29-22-11-7-8-12-23(22)34-27/h5-16,30H,4H2,1-3H3. The van der Waals surface area contributed by atoms with Crippen molar-refractivity contribution in [1.82, 2.24) is 14.8 Å². The van der Waals surface area contributed by atoms with Crippen molar-refractivity contribution >= 4 is 33.0 Å². The summed E-state index contributed by atoms with van der Waals surface area (Å²) >= 11 is 1.47. The Hall–Kier alpha value is -3.97. The number of rotatable bonds is 6. The third-order valence-electron chi connectivity index (χ3n) is 5.77. The van der Waals surface area contributed by atoms with E-state index in [1.54, 1.807) is 7.11 Å². The van der Waals surface area contributed by atoms with Gasteiger partial charge in [0, 0.05) is 5.56 Å². The lowest BCUT2D eigenvalue weighted by molar-refractivity contribution is 0.415. The molecule has 7 heteroatoms. The molecule has 5 rings (SSSR count). The lowest BCUT2D eigenvalue weighted by Gasteiger charge is -2.06. The van der Waals surface area contributed by atoms with Gasteiger partial charge in [-0.3, -0.25) is 14.9 Å². The van der Waals surface area contributed by atoms with Crippen LogP contribution in [0, 0.1) is 0 Å². The second-order valence-corrected chi connectivity index (χ2v) is 8.88. The Morgan fingerprint density at radius 3 is 2.53 bits per heavy atom. The van der Waals surface area contributed by atoms with Crippen LogP contribution in [-0.4, -0.2) is 27.6 Å². The number of ether oxygens (including phenoxy) is 1. The molecule has 1 N–H and O–H groups in total. The molecule has 34 heavy (non-hydrogen) atoms. The first-order valence-corrected chi connectivity index (χ1v) is 11.9. The van der Waals surface area contributed by atoms with E-state index >= 15 is 0 Å². The van der Waals surface area contributed by atoms with Gasteiger partial charge in [0.2, 0.25) is 5.13 Å². The maximum atomic E-state index is 13.7. The predicted molar refractivity (Wildman–Crippen MR) is 139 cm³/mol. The fourth-order valence-electron chi connectivity index (χ4n) is 3.99. The number of thiazole rings is 1. The van der Waals surface area contributed by atoms with E-state index in [0.29, 0.717) is 22.1 Å². The van der Waals surface area contributed by atoms with Crippen molar-refractivity contribution in [1.29, 1.82) is 0 Å². The molecule has 0 unspecified atom stereocenters. The highest BCUT2D eigenvalue weighted by atomic mass is 32.1. The van der Waals surface area contributed by atoms with Crippen LogP contribution in [0.3, 0.4) is 0 Å². The average Bonchev–Trinajstić information content (AvgIpc) is 3.45. The van der Waals surface area contributed by atoms with Crippen LogP contribution in [-0.2, 0) is 6.42 Å². The molecule has 3 aromatic carbocycles. The van der Waals surface area contributed by atoms with Crippen LogP contribution in [0.5, 0.6) is 5.75 Å². The Morgan fingerprint density at radius 2 is 1.79 bits per heavy atom. The summed E-state index contributed by atoms with van der Waals surface area (Å²) in [6.45, 7) is 3.98. The smallest absolute Gasteiger partial charge is 0.283 e. The van der Waals surface area contributed by atoms with Crippen LogP contribution < -0.4 is 10.3 Å². The fourth-order valence-corrected chi connectivity index (χ4v) is 4.91. The molecule has 0 atom stereocenters. The molecule has 0 amide bonds. The minimum absolute atomic E-state index is 0.180. The SMILES string of the molecule is CCc1ccccc1N=C(C)c1c(-c2ccc(OC)cc2)[nH]n(-c2nc3ccccc3s2)c1=O. The zero-order chi connectivity index (χ0) is 23.7. The lowest BCUT2D eigenvalue weighted by atomic mass is 10.0.